The first kappa shape index (κ1) is 21.8. The standard InChI is InChI=1S/C14H23N3O4S.ClH/c1-3-14(18)17-12-4-6-13(7-5-12)22(19,20)16-9-8-15-10-11-21-2;/h4-7,15-16H,3,8-11H2,1-2H3,(H,17,18);1H. The normalized spacial score (nSPS) is 10.9. The van der Waals surface area contributed by atoms with Crippen LogP contribution in [0.5, 0.6) is 0 Å². The van der Waals surface area contributed by atoms with Crippen LogP contribution in [0.4, 0.5) is 5.69 Å². The molecule has 132 valence electrons. The van der Waals surface area contributed by atoms with Gasteiger partial charge in [-0.3, -0.25) is 4.79 Å². The number of carbonyl (C=O) groups is 1. The average Bonchev–Trinajstić information content (AvgIpc) is 2.51. The quantitative estimate of drug-likeness (QED) is 0.537. The highest BCUT2D eigenvalue weighted by Gasteiger charge is 2.13. The number of hydrogen-bond donors (Lipinski definition) is 3. The van der Waals surface area contributed by atoms with Gasteiger partial charge in [-0.15, -0.1) is 12.4 Å². The van der Waals surface area contributed by atoms with Gasteiger partial charge in [0.25, 0.3) is 0 Å². The number of sulfonamides is 1. The Labute approximate surface area is 143 Å². The van der Waals surface area contributed by atoms with E-state index in [2.05, 4.69) is 15.4 Å². The monoisotopic (exact) mass is 365 g/mol. The molecule has 0 aliphatic heterocycles. The Morgan fingerprint density at radius 2 is 1.78 bits per heavy atom. The summed E-state index contributed by atoms with van der Waals surface area (Å²) in [5, 5.41) is 5.71. The van der Waals surface area contributed by atoms with E-state index in [1.54, 1.807) is 26.2 Å². The van der Waals surface area contributed by atoms with Crippen LogP contribution in [0.25, 0.3) is 0 Å². The Hall–Kier alpha value is -1.19. The summed E-state index contributed by atoms with van der Waals surface area (Å²) in [6, 6.07) is 6.07. The second kappa shape index (κ2) is 11.4. The molecule has 0 aliphatic rings. The Bertz CT molecular complexity index is 564. The van der Waals surface area contributed by atoms with Crippen molar-refractivity contribution in [1.82, 2.24) is 10.0 Å². The first-order valence-corrected chi connectivity index (χ1v) is 8.57. The molecule has 0 aliphatic carbocycles. The highest BCUT2D eigenvalue weighted by atomic mass is 35.5. The lowest BCUT2D eigenvalue weighted by atomic mass is 10.3. The number of ether oxygens (including phenoxy) is 1. The van der Waals surface area contributed by atoms with E-state index in [1.807, 2.05) is 0 Å². The number of carbonyl (C=O) groups excluding carboxylic acids is 1. The third-order valence-electron chi connectivity index (χ3n) is 2.85. The summed E-state index contributed by atoms with van der Waals surface area (Å²) < 4.78 is 31.5. The zero-order valence-electron chi connectivity index (χ0n) is 13.3. The van der Waals surface area contributed by atoms with Crippen molar-refractivity contribution in [2.24, 2.45) is 0 Å². The van der Waals surface area contributed by atoms with Gasteiger partial charge in [0, 0.05) is 38.9 Å². The van der Waals surface area contributed by atoms with Crippen molar-refractivity contribution >= 4 is 34.0 Å². The number of rotatable bonds is 10. The van der Waals surface area contributed by atoms with E-state index < -0.39 is 10.0 Å². The first-order chi connectivity index (χ1) is 10.5. The molecule has 0 spiro atoms. The summed E-state index contributed by atoms with van der Waals surface area (Å²) in [4.78, 5) is 11.4. The van der Waals surface area contributed by atoms with Crippen molar-refractivity contribution < 1.29 is 17.9 Å². The molecule has 0 unspecified atom stereocenters. The van der Waals surface area contributed by atoms with Gasteiger partial charge >= 0.3 is 0 Å². The Kier molecular flexibility index (Phi) is 10.8. The fraction of sp³-hybridized carbons (Fsp3) is 0.500. The third-order valence-corrected chi connectivity index (χ3v) is 4.32. The minimum atomic E-state index is -3.54. The molecular weight excluding hydrogens is 342 g/mol. The molecule has 0 bridgehead atoms. The number of methoxy groups -OCH3 is 1. The molecule has 1 aromatic carbocycles. The predicted octanol–water partition coefficient (Wildman–Crippen LogP) is 0.971. The Morgan fingerprint density at radius 3 is 2.35 bits per heavy atom. The summed E-state index contributed by atoms with van der Waals surface area (Å²) in [7, 11) is -1.93. The van der Waals surface area contributed by atoms with E-state index in [0.717, 1.165) is 0 Å². The van der Waals surface area contributed by atoms with Crippen LogP contribution < -0.4 is 15.4 Å². The Morgan fingerprint density at radius 1 is 1.13 bits per heavy atom. The molecule has 1 rings (SSSR count). The molecule has 3 N–H and O–H groups in total. The molecule has 23 heavy (non-hydrogen) atoms. The summed E-state index contributed by atoms with van der Waals surface area (Å²) in [5.41, 5.74) is 0.576. The van der Waals surface area contributed by atoms with Crippen molar-refractivity contribution in [3.05, 3.63) is 24.3 Å². The lowest BCUT2D eigenvalue weighted by Gasteiger charge is -2.09. The van der Waals surface area contributed by atoms with Gasteiger partial charge in [0.15, 0.2) is 0 Å². The van der Waals surface area contributed by atoms with Crippen LogP contribution in [0, 0.1) is 0 Å². The summed E-state index contributed by atoms with van der Waals surface area (Å²) in [5.74, 6) is -0.115. The van der Waals surface area contributed by atoms with Crippen LogP contribution in [0.1, 0.15) is 13.3 Å². The molecule has 9 heteroatoms. The molecule has 0 saturated carbocycles. The number of halogens is 1. The van der Waals surface area contributed by atoms with E-state index in [4.69, 9.17) is 4.74 Å². The number of hydrogen-bond acceptors (Lipinski definition) is 5. The summed E-state index contributed by atoms with van der Waals surface area (Å²) in [6.07, 6.45) is 0.373. The van der Waals surface area contributed by atoms with Crippen LogP contribution in [0.3, 0.4) is 0 Å². The molecule has 7 nitrogen and oxygen atoms in total. The smallest absolute Gasteiger partial charge is 0.240 e. The Balaban J connectivity index is 0.00000484. The summed E-state index contributed by atoms with van der Waals surface area (Å²) in [6.45, 7) is 3.81. The predicted molar refractivity (Wildman–Crippen MR) is 92.5 cm³/mol. The third kappa shape index (κ3) is 8.29. The number of amides is 1. The highest BCUT2D eigenvalue weighted by Crippen LogP contribution is 2.13. The SMILES string of the molecule is CCC(=O)Nc1ccc(S(=O)(=O)NCCNCCOC)cc1.Cl. The van der Waals surface area contributed by atoms with Crippen LogP contribution in [-0.2, 0) is 19.6 Å². The van der Waals surface area contributed by atoms with Gasteiger partial charge in [0.05, 0.1) is 11.5 Å². The fourth-order valence-corrected chi connectivity index (χ4v) is 2.65. The van der Waals surface area contributed by atoms with E-state index in [1.165, 1.54) is 12.1 Å². The maximum absolute atomic E-state index is 12.1. The van der Waals surface area contributed by atoms with E-state index in [9.17, 15) is 13.2 Å². The highest BCUT2D eigenvalue weighted by molar-refractivity contribution is 7.89. The maximum Gasteiger partial charge on any atom is 0.240 e. The van der Waals surface area contributed by atoms with Gasteiger partial charge in [0.1, 0.15) is 0 Å². The molecule has 1 aromatic rings. The van der Waals surface area contributed by atoms with Gasteiger partial charge in [-0.2, -0.15) is 0 Å². The van der Waals surface area contributed by atoms with E-state index in [-0.39, 0.29) is 23.2 Å². The minimum Gasteiger partial charge on any atom is -0.383 e. The molecule has 1 amide bonds. The second-order valence-corrected chi connectivity index (χ2v) is 6.33. The second-order valence-electron chi connectivity index (χ2n) is 4.57. The average molecular weight is 366 g/mol. The summed E-state index contributed by atoms with van der Waals surface area (Å²) >= 11 is 0. The van der Waals surface area contributed by atoms with Crippen molar-refractivity contribution in [3.63, 3.8) is 0 Å². The number of anilines is 1. The lowest BCUT2D eigenvalue weighted by Crippen LogP contribution is -2.33. The molecule has 0 aromatic heterocycles. The van der Waals surface area contributed by atoms with Crippen molar-refractivity contribution in [2.75, 3.05) is 38.7 Å². The van der Waals surface area contributed by atoms with Crippen molar-refractivity contribution in [3.8, 4) is 0 Å². The molecule has 0 radical (unpaired) electrons. The first-order valence-electron chi connectivity index (χ1n) is 7.09. The van der Waals surface area contributed by atoms with Crippen LogP contribution in [0.2, 0.25) is 0 Å². The number of benzene rings is 1. The molecular formula is C14H24ClN3O4S. The van der Waals surface area contributed by atoms with Gasteiger partial charge in [-0.1, -0.05) is 6.92 Å². The maximum atomic E-state index is 12.1. The molecule has 0 fully saturated rings. The fourth-order valence-electron chi connectivity index (χ4n) is 1.62. The van der Waals surface area contributed by atoms with Crippen molar-refractivity contribution in [2.45, 2.75) is 18.2 Å². The molecule has 0 saturated heterocycles. The largest absolute Gasteiger partial charge is 0.383 e. The topological polar surface area (TPSA) is 96.5 Å². The zero-order valence-corrected chi connectivity index (χ0v) is 14.9. The van der Waals surface area contributed by atoms with Gasteiger partial charge in [-0.05, 0) is 24.3 Å². The lowest BCUT2D eigenvalue weighted by molar-refractivity contribution is -0.115. The van der Waals surface area contributed by atoms with Gasteiger partial charge in [0.2, 0.25) is 15.9 Å². The van der Waals surface area contributed by atoms with Crippen molar-refractivity contribution in [1.29, 1.82) is 0 Å². The van der Waals surface area contributed by atoms with Crippen LogP contribution >= 0.6 is 12.4 Å². The molecule has 0 heterocycles. The van der Waals surface area contributed by atoms with Crippen LogP contribution in [0.15, 0.2) is 29.2 Å². The number of nitrogens with one attached hydrogen (secondary N) is 3. The minimum absolute atomic E-state index is 0. The van der Waals surface area contributed by atoms with Gasteiger partial charge in [-0.25, -0.2) is 13.1 Å². The zero-order chi connectivity index (χ0) is 16.4. The van der Waals surface area contributed by atoms with E-state index >= 15 is 0 Å². The van der Waals surface area contributed by atoms with Crippen LogP contribution in [-0.4, -0.2) is 47.7 Å². The van der Waals surface area contributed by atoms with Gasteiger partial charge < -0.3 is 15.4 Å². The van der Waals surface area contributed by atoms with E-state index in [0.29, 0.717) is 38.3 Å². The molecule has 0 atom stereocenters.